The quantitative estimate of drug-likeness (QED) is 0.815. The highest BCUT2D eigenvalue weighted by atomic mass is 16.6. The Morgan fingerprint density at radius 2 is 2.13 bits per heavy atom. The fraction of sp³-hybridized carbons (Fsp3) is 0.364. The second kappa shape index (κ2) is 4.79. The summed E-state index contributed by atoms with van der Waals surface area (Å²) in [4.78, 5) is 11.3. The van der Waals surface area contributed by atoms with Crippen LogP contribution in [0.4, 0.5) is 4.79 Å². The number of hydrogen-bond acceptors (Lipinski definition) is 3. The molecule has 1 heterocycles. The summed E-state index contributed by atoms with van der Waals surface area (Å²) in [6, 6.07) is 9.00. The van der Waals surface area contributed by atoms with E-state index in [0.29, 0.717) is 18.2 Å². The molecule has 1 fully saturated rings. The highest BCUT2D eigenvalue weighted by Crippen LogP contribution is 2.10. The Morgan fingerprint density at radius 1 is 1.40 bits per heavy atom. The smallest absolute Gasteiger partial charge is 0.410 e. The van der Waals surface area contributed by atoms with Crippen molar-refractivity contribution < 1.29 is 14.3 Å². The zero-order valence-electron chi connectivity index (χ0n) is 8.31. The molecule has 1 N–H and O–H groups in total. The van der Waals surface area contributed by atoms with E-state index >= 15 is 0 Å². The lowest BCUT2D eigenvalue weighted by Gasteiger charge is -2.25. The van der Waals surface area contributed by atoms with Crippen molar-refractivity contribution in [3.8, 4) is 5.75 Å². The second-order valence-corrected chi connectivity index (χ2v) is 3.49. The van der Waals surface area contributed by atoms with Crippen LogP contribution in [0.1, 0.15) is 0 Å². The summed E-state index contributed by atoms with van der Waals surface area (Å²) in [5, 5.41) is 2.69. The van der Waals surface area contributed by atoms with Crippen molar-refractivity contribution in [1.29, 1.82) is 0 Å². The zero-order valence-corrected chi connectivity index (χ0v) is 8.31. The van der Waals surface area contributed by atoms with Gasteiger partial charge < -0.3 is 14.8 Å². The van der Waals surface area contributed by atoms with Gasteiger partial charge in [0.15, 0.2) is 0 Å². The van der Waals surface area contributed by atoms with Crippen LogP contribution in [-0.4, -0.2) is 25.9 Å². The van der Waals surface area contributed by atoms with E-state index in [1.807, 2.05) is 18.2 Å². The van der Waals surface area contributed by atoms with Gasteiger partial charge >= 0.3 is 6.09 Å². The van der Waals surface area contributed by atoms with Crippen molar-refractivity contribution in [3.63, 3.8) is 0 Å². The van der Waals surface area contributed by atoms with Gasteiger partial charge in [-0.05, 0) is 12.1 Å². The molecule has 0 spiro atoms. The van der Waals surface area contributed by atoms with E-state index in [9.17, 15) is 4.79 Å². The van der Waals surface area contributed by atoms with Gasteiger partial charge in [-0.2, -0.15) is 0 Å². The number of hydrogen-bond donors (Lipinski definition) is 1. The molecule has 0 bridgehead atoms. The SMILES string of the molecule is O=C(NCC1COC1)Oc1ccccc1. The average Bonchev–Trinajstić information content (AvgIpc) is 2.17. The van der Waals surface area contributed by atoms with E-state index in [2.05, 4.69) is 5.32 Å². The molecule has 2 rings (SSSR count). The molecule has 0 aliphatic carbocycles. The van der Waals surface area contributed by atoms with Gasteiger partial charge in [-0.25, -0.2) is 4.79 Å². The molecule has 1 aliphatic rings. The highest BCUT2D eigenvalue weighted by molar-refractivity contribution is 5.70. The van der Waals surface area contributed by atoms with E-state index in [0.717, 1.165) is 13.2 Å². The molecule has 0 saturated carbocycles. The molecule has 1 aromatic rings. The van der Waals surface area contributed by atoms with Crippen LogP contribution in [0, 0.1) is 5.92 Å². The van der Waals surface area contributed by atoms with Crippen LogP contribution in [0.2, 0.25) is 0 Å². The van der Waals surface area contributed by atoms with Crippen LogP contribution in [-0.2, 0) is 4.74 Å². The summed E-state index contributed by atoms with van der Waals surface area (Å²) < 4.78 is 10.0. The van der Waals surface area contributed by atoms with Gasteiger partial charge in [0.2, 0.25) is 0 Å². The largest absolute Gasteiger partial charge is 0.412 e. The third kappa shape index (κ3) is 2.95. The molecule has 15 heavy (non-hydrogen) atoms. The van der Waals surface area contributed by atoms with Crippen LogP contribution in [0.3, 0.4) is 0 Å². The van der Waals surface area contributed by atoms with Crippen molar-refractivity contribution in [2.45, 2.75) is 0 Å². The normalized spacial score (nSPS) is 15.5. The van der Waals surface area contributed by atoms with Crippen LogP contribution in [0.5, 0.6) is 5.75 Å². The minimum atomic E-state index is -0.409. The highest BCUT2D eigenvalue weighted by Gasteiger charge is 2.19. The Labute approximate surface area is 88.2 Å². The summed E-state index contributed by atoms with van der Waals surface area (Å²) >= 11 is 0. The van der Waals surface area contributed by atoms with E-state index in [1.165, 1.54) is 0 Å². The van der Waals surface area contributed by atoms with Gasteiger partial charge in [-0.1, -0.05) is 18.2 Å². The molecule has 1 amide bonds. The average molecular weight is 207 g/mol. The fourth-order valence-electron chi connectivity index (χ4n) is 1.26. The molecule has 80 valence electrons. The Kier molecular flexibility index (Phi) is 3.19. The Hall–Kier alpha value is -1.55. The third-order valence-electron chi connectivity index (χ3n) is 2.20. The molecule has 0 aromatic heterocycles. The number of rotatable bonds is 3. The van der Waals surface area contributed by atoms with E-state index < -0.39 is 6.09 Å². The van der Waals surface area contributed by atoms with Crippen LogP contribution in [0.25, 0.3) is 0 Å². The van der Waals surface area contributed by atoms with Gasteiger partial charge in [0.25, 0.3) is 0 Å². The molecule has 0 radical (unpaired) electrons. The van der Waals surface area contributed by atoms with Crippen molar-refractivity contribution in [1.82, 2.24) is 5.32 Å². The first-order chi connectivity index (χ1) is 7.34. The maximum absolute atomic E-state index is 11.3. The summed E-state index contributed by atoms with van der Waals surface area (Å²) in [7, 11) is 0. The fourth-order valence-corrected chi connectivity index (χ4v) is 1.26. The number of amides is 1. The molecule has 0 unspecified atom stereocenters. The number of carbonyl (C=O) groups is 1. The lowest BCUT2D eigenvalue weighted by molar-refractivity contribution is -0.0298. The number of para-hydroxylation sites is 1. The number of carbonyl (C=O) groups excluding carboxylic acids is 1. The lowest BCUT2D eigenvalue weighted by Crippen LogP contribution is -2.40. The van der Waals surface area contributed by atoms with Gasteiger partial charge in [0.1, 0.15) is 5.75 Å². The van der Waals surface area contributed by atoms with Gasteiger partial charge in [-0.3, -0.25) is 0 Å². The minimum absolute atomic E-state index is 0.409. The second-order valence-electron chi connectivity index (χ2n) is 3.49. The predicted octanol–water partition coefficient (Wildman–Crippen LogP) is 1.42. The monoisotopic (exact) mass is 207 g/mol. The lowest BCUT2D eigenvalue weighted by atomic mass is 10.1. The number of benzene rings is 1. The van der Waals surface area contributed by atoms with E-state index in [-0.39, 0.29) is 0 Å². The Morgan fingerprint density at radius 3 is 2.73 bits per heavy atom. The summed E-state index contributed by atoms with van der Waals surface area (Å²) in [5.74, 6) is 0.994. The predicted molar refractivity (Wildman–Crippen MR) is 54.8 cm³/mol. The van der Waals surface area contributed by atoms with Gasteiger partial charge in [0, 0.05) is 12.5 Å². The topological polar surface area (TPSA) is 47.6 Å². The van der Waals surface area contributed by atoms with E-state index in [4.69, 9.17) is 9.47 Å². The van der Waals surface area contributed by atoms with E-state index in [1.54, 1.807) is 12.1 Å². The van der Waals surface area contributed by atoms with Gasteiger partial charge in [0.05, 0.1) is 13.2 Å². The van der Waals surface area contributed by atoms with Crippen molar-refractivity contribution in [3.05, 3.63) is 30.3 Å². The van der Waals surface area contributed by atoms with Crippen LogP contribution >= 0.6 is 0 Å². The molecular formula is C11H13NO3. The first-order valence-corrected chi connectivity index (χ1v) is 4.93. The van der Waals surface area contributed by atoms with Crippen LogP contribution < -0.4 is 10.1 Å². The molecule has 1 aliphatic heterocycles. The van der Waals surface area contributed by atoms with Gasteiger partial charge in [-0.15, -0.1) is 0 Å². The zero-order chi connectivity index (χ0) is 10.5. The maximum Gasteiger partial charge on any atom is 0.412 e. The maximum atomic E-state index is 11.3. The first kappa shape index (κ1) is 9.98. The van der Waals surface area contributed by atoms with Crippen molar-refractivity contribution in [2.75, 3.05) is 19.8 Å². The summed E-state index contributed by atoms with van der Waals surface area (Å²) in [6.07, 6.45) is -0.409. The van der Waals surface area contributed by atoms with Crippen molar-refractivity contribution >= 4 is 6.09 Å². The van der Waals surface area contributed by atoms with Crippen molar-refractivity contribution in [2.24, 2.45) is 5.92 Å². The Balaban J connectivity index is 1.72. The molecule has 1 aromatic carbocycles. The molecule has 1 saturated heterocycles. The standard InChI is InChI=1S/C11H13NO3/c13-11(12-6-9-7-14-8-9)15-10-4-2-1-3-5-10/h1-5,9H,6-8H2,(H,12,13). The third-order valence-corrected chi connectivity index (χ3v) is 2.20. The van der Waals surface area contributed by atoms with Crippen LogP contribution in [0.15, 0.2) is 30.3 Å². The molecule has 4 nitrogen and oxygen atoms in total. The molecule has 0 atom stereocenters. The Bertz CT molecular complexity index is 322. The summed E-state index contributed by atoms with van der Waals surface area (Å²) in [5.41, 5.74) is 0. The number of ether oxygens (including phenoxy) is 2. The number of nitrogens with one attached hydrogen (secondary N) is 1. The summed E-state index contributed by atoms with van der Waals surface area (Å²) in [6.45, 7) is 2.07. The first-order valence-electron chi connectivity index (χ1n) is 4.93. The minimum Gasteiger partial charge on any atom is -0.410 e. The molecular weight excluding hydrogens is 194 g/mol. The molecule has 4 heteroatoms.